The van der Waals surface area contributed by atoms with Crippen molar-refractivity contribution < 1.29 is 0 Å². The summed E-state index contributed by atoms with van der Waals surface area (Å²) in [6.45, 7) is 6.23. The van der Waals surface area contributed by atoms with Crippen molar-refractivity contribution >= 4 is 11.5 Å². The molecule has 0 amide bonds. The molecule has 0 unspecified atom stereocenters. The molecule has 1 heterocycles. The van der Waals surface area contributed by atoms with Gasteiger partial charge in [0.25, 0.3) is 0 Å². The average Bonchev–Trinajstić information content (AvgIpc) is 2.02. The highest BCUT2D eigenvalue weighted by molar-refractivity contribution is 5.93. The summed E-state index contributed by atoms with van der Waals surface area (Å²) in [7, 11) is 0. The van der Waals surface area contributed by atoms with Gasteiger partial charge in [0.15, 0.2) is 0 Å². The molecule has 0 atom stereocenters. The number of pyridine rings is 1. The Bertz CT molecular complexity index is 321. The van der Waals surface area contributed by atoms with E-state index in [1.165, 1.54) is 0 Å². The van der Waals surface area contributed by atoms with Crippen molar-refractivity contribution in [3.05, 3.63) is 24.0 Å². The number of anilines is 1. The van der Waals surface area contributed by atoms with Crippen molar-refractivity contribution in [1.29, 1.82) is 5.41 Å². The third-order valence-electron chi connectivity index (χ3n) is 1.56. The number of nitrogens with one attached hydrogen (secondary N) is 2. The predicted octanol–water partition coefficient (Wildman–Crippen LogP) is 1.58. The van der Waals surface area contributed by atoms with Crippen molar-refractivity contribution in [3.8, 4) is 0 Å². The molecule has 0 aliphatic rings. The monoisotopic (exact) mass is 192 g/mol. The Morgan fingerprint density at radius 3 is 2.43 bits per heavy atom. The average molecular weight is 192 g/mol. The van der Waals surface area contributed by atoms with Gasteiger partial charge in [-0.1, -0.05) is 0 Å². The summed E-state index contributed by atoms with van der Waals surface area (Å²) in [6, 6.07) is 3.60. The lowest BCUT2D eigenvalue weighted by Gasteiger charge is -2.21. The summed E-state index contributed by atoms with van der Waals surface area (Å²) in [5.74, 6) is -0.00712. The summed E-state index contributed by atoms with van der Waals surface area (Å²) in [5, 5.41) is 10.5. The van der Waals surface area contributed by atoms with Crippen molar-refractivity contribution in [3.63, 3.8) is 0 Å². The van der Waals surface area contributed by atoms with Crippen LogP contribution in [0.25, 0.3) is 0 Å². The standard InChI is InChI=1S/C10H16N4/c1-10(2,3)14-7-4-5-8(9(11)12)13-6-7/h4-6,14H,1-3H3,(H3,11,12). The zero-order valence-corrected chi connectivity index (χ0v) is 8.76. The molecule has 0 aliphatic carbocycles. The van der Waals surface area contributed by atoms with Crippen LogP contribution in [-0.2, 0) is 0 Å². The quantitative estimate of drug-likeness (QED) is 0.492. The molecule has 1 rings (SSSR count). The third kappa shape index (κ3) is 3.05. The normalized spacial score (nSPS) is 11.1. The zero-order chi connectivity index (χ0) is 10.8. The van der Waals surface area contributed by atoms with E-state index in [1.807, 2.05) is 6.07 Å². The summed E-state index contributed by atoms with van der Waals surface area (Å²) in [6.07, 6.45) is 1.68. The summed E-state index contributed by atoms with van der Waals surface area (Å²) in [4.78, 5) is 4.05. The number of aromatic nitrogens is 1. The van der Waals surface area contributed by atoms with Crippen LogP contribution in [0, 0.1) is 5.41 Å². The first-order chi connectivity index (χ1) is 6.38. The van der Waals surface area contributed by atoms with Gasteiger partial charge in [-0.3, -0.25) is 10.4 Å². The van der Waals surface area contributed by atoms with Crippen LogP contribution in [0.4, 0.5) is 5.69 Å². The van der Waals surface area contributed by atoms with E-state index in [-0.39, 0.29) is 11.4 Å². The lowest BCUT2D eigenvalue weighted by Crippen LogP contribution is -2.26. The lowest BCUT2D eigenvalue weighted by molar-refractivity contribution is 0.633. The molecule has 0 saturated heterocycles. The number of hydrogen-bond donors (Lipinski definition) is 3. The fourth-order valence-corrected chi connectivity index (χ4v) is 1.06. The van der Waals surface area contributed by atoms with E-state index in [0.717, 1.165) is 5.69 Å². The molecule has 4 nitrogen and oxygen atoms in total. The molecule has 4 N–H and O–H groups in total. The first-order valence-electron chi connectivity index (χ1n) is 4.47. The van der Waals surface area contributed by atoms with Crippen LogP contribution < -0.4 is 11.1 Å². The number of hydrogen-bond acceptors (Lipinski definition) is 3. The first kappa shape index (κ1) is 10.5. The number of rotatable bonds is 2. The Hall–Kier alpha value is -1.58. The maximum absolute atomic E-state index is 7.18. The Morgan fingerprint density at radius 1 is 1.43 bits per heavy atom. The Labute approximate surface area is 84.1 Å². The molecule has 0 spiro atoms. The highest BCUT2D eigenvalue weighted by Crippen LogP contribution is 2.13. The van der Waals surface area contributed by atoms with Crippen LogP contribution in [-0.4, -0.2) is 16.4 Å². The van der Waals surface area contributed by atoms with Gasteiger partial charge in [-0.25, -0.2) is 0 Å². The van der Waals surface area contributed by atoms with E-state index >= 15 is 0 Å². The van der Waals surface area contributed by atoms with Crippen molar-refractivity contribution in [1.82, 2.24) is 4.98 Å². The van der Waals surface area contributed by atoms with Gasteiger partial charge in [0.05, 0.1) is 11.9 Å². The highest BCUT2D eigenvalue weighted by atomic mass is 15.0. The van der Waals surface area contributed by atoms with Crippen LogP contribution in [0.1, 0.15) is 26.5 Å². The molecule has 0 radical (unpaired) electrons. The molecule has 0 bridgehead atoms. The number of nitrogens with zero attached hydrogens (tertiary/aromatic N) is 1. The Morgan fingerprint density at radius 2 is 2.07 bits per heavy atom. The first-order valence-corrected chi connectivity index (χ1v) is 4.47. The van der Waals surface area contributed by atoms with Gasteiger partial charge >= 0.3 is 0 Å². The van der Waals surface area contributed by atoms with Gasteiger partial charge in [0, 0.05) is 5.54 Å². The second-order valence-corrected chi connectivity index (χ2v) is 4.22. The van der Waals surface area contributed by atoms with E-state index in [9.17, 15) is 0 Å². The van der Waals surface area contributed by atoms with E-state index in [0.29, 0.717) is 5.69 Å². The van der Waals surface area contributed by atoms with Gasteiger partial charge < -0.3 is 11.1 Å². The molecule has 4 heteroatoms. The number of nitrogens with two attached hydrogens (primary N) is 1. The SMILES string of the molecule is CC(C)(C)Nc1ccc(C(=N)N)nc1. The maximum atomic E-state index is 7.18. The van der Waals surface area contributed by atoms with Crippen LogP contribution in [0.5, 0.6) is 0 Å². The highest BCUT2D eigenvalue weighted by Gasteiger charge is 2.09. The smallest absolute Gasteiger partial charge is 0.141 e. The minimum Gasteiger partial charge on any atom is -0.382 e. The van der Waals surface area contributed by atoms with Crippen LogP contribution >= 0.6 is 0 Å². The van der Waals surface area contributed by atoms with Gasteiger partial charge in [-0.15, -0.1) is 0 Å². The maximum Gasteiger partial charge on any atom is 0.141 e. The molecular formula is C10H16N4. The minimum absolute atomic E-state index is 0.00712. The van der Waals surface area contributed by atoms with Crippen LogP contribution in [0.15, 0.2) is 18.3 Å². The predicted molar refractivity (Wildman–Crippen MR) is 58.6 cm³/mol. The number of nitrogen functional groups attached to an aromatic ring is 1. The molecule has 0 aromatic carbocycles. The van der Waals surface area contributed by atoms with E-state index in [1.54, 1.807) is 12.3 Å². The van der Waals surface area contributed by atoms with Crippen molar-refractivity contribution in [2.45, 2.75) is 26.3 Å². The second kappa shape index (κ2) is 3.65. The Kier molecular flexibility index (Phi) is 2.74. The summed E-state index contributed by atoms with van der Waals surface area (Å²) in [5.41, 5.74) is 6.74. The van der Waals surface area contributed by atoms with Crippen molar-refractivity contribution in [2.75, 3.05) is 5.32 Å². The van der Waals surface area contributed by atoms with Gasteiger partial charge in [-0.05, 0) is 32.9 Å². The lowest BCUT2D eigenvalue weighted by atomic mass is 10.1. The Balaban J connectivity index is 2.79. The third-order valence-corrected chi connectivity index (χ3v) is 1.56. The van der Waals surface area contributed by atoms with E-state index < -0.39 is 0 Å². The molecule has 0 aliphatic heterocycles. The topological polar surface area (TPSA) is 74.8 Å². The van der Waals surface area contributed by atoms with Crippen LogP contribution in [0.3, 0.4) is 0 Å². The van der Waals surface area contributed by atoms with E-state index in [2.05, 4.69) is 31.1 Å². The molecule has 1 aromatic rings. The fraction of sp³-hybridized carbons (Fsp3) is 0.400. The molecule has 14 heavy (non-hydrogen) atoms. The van der Waals surface area contributed by atoms with Gasteiger partial charge in [0.1, 0.15) is 11.5 Å². The van der Waals surface area contributed by atoms with Crippen LogP contribution in [0.2, 0.25) is 0 Å². The summed E-state index contributed by atoms with van der Waals surface area (Å²) >= 11 is 0. The fourth-order valence-electron chi connectivity index (χ4n) is 1.06. The zero-order valence-electron chi connectivity index (χ0n) is 8.76. The van der Waals surface area contributed by atoms with Gasteiger partial charge in [0.2, 0.25) is 0 Å². The molecule has 1 aromatic heterocycles. The summed E-state index contributed by atoms with van der Waals surface area (Å²) < 4.78 is 0. The molecular weight excluding hydrogens is 176 g/mol. The van der Waals surface area contributed by atoms with Gasteiger partial charge in [-0.2, -0.15) is 0 Å². The largest absolute Gasteiger partial charge is 0.382 e. The molecule has 76 valence electrons. The van der Waals surface area contributed by atoms with E-state index in [4.69, 9.17) is 11.1 Å². The number of amidine groups is 1. The molecule has 0 fully saturated rings. The molecule has 0 saturated carbocycles. The van der Waals surface area contributed by atoms with Crippen molar-refractivity contribution in [2.24, 2.45) is 5.73 Å². The minimum atomic E-state index is -0.00712. The second-order valence-electron chi connectivity index (χ2n) is 4.22.